The summed E-state index contributed by atoms with van der Waals surface area (Å²) in [7, 11) is 5.50. The SMILES string of the molecule is CN(C)CC1=CC(c2nc(Nc3ccc(B4OC(C)(C)C(C)(C)O4)cc3)n(C)n2)=CNC1N1CC2(C1)CC(F)(F)C2. The first-order valence-electron chi connectivity index (χ1n) is 14.2. The second-order valence-electron chi connectivity index (χ2n) is 13.5. The molecule has 41 heavy (non-hydrogen) atoms. The lowest BCUT2D eigenvalue weighted by atomic mass is 9.61. The fraction of sp³-hybridized carbons (Fsp3) is 0.586. The first-order valence-corrected chi connectivity index (χ1v) is 14.2. The van der Waals surface area contributed by atoms with E-state index in [0.29, 0.717) is 24.9 Å². The number of nitrogens with zero attached hydrogens (tertiary/aromatic N) is 5. The predicted octanol–water partition coefficient (Wildman–Crippen LogP) is 3.35. The first-order chi connectivity index (χ1) is 19.1. The van der Waals surface area contributed by atoms with Gasteiger partial charge in [-0.05, 0) is 71.0 Å². The van der Waals surface area contributed by atoms with Crippen molar-refractivity contribution in [2.75, 3.05) is 39.0 Å². The van der Waals surface area contributed by atoms with Crippen molar-refractivity contribution in [2.24, 2.45) is 12.5 Å². The molecular formula is C29H40BF2N7O2. The van der Waals surface area contributed by atoms with Gasteiger partial charge in [0.15, 0.2) is 5.82 Å². The van der Waals surface area contributed by atoms with Gasteiger partial charge in [0.2, 0.25) is 11.9 Å². The maximum Gasteiger partial charge on any atom is 0.494 e. The van der Waals surface area contributed by atoms with Crippen LogP contribution in [-0.4, -0.2) is 88.7 Å². The molecule has 1 aliphatic carbocycles. The summed E-state index contributed by atoms with van der Waals surface area (Å²) in [6.45, 7) is 10.3. The number of nitrogens with one attached hydrogen (secondary N) is 2. The average molecular weight is 567 g/mol. The molecule has 6 rings (SSSR count). The lowest BCUT2D eigenvalue weighted by molar-refractivity contribution is -0.219. The summed E-state index contributed by atoms with van der Waals surface area (Å²) < 4.78 is 41.1. The highest BCUT2D eigenvalue weighted by atomic mass is 19.3. The van der Waals surface area contributed by atoms with Gasteiger partial charge in [-0.15, -0.1) is 5.10 Å². The number of likely N-dealkylation sites (tertiary alicyclic amines) is 1. The van der Waals surface area contributed by atoms with Crippen LogP contribution >= 0.6 is 0 Å². The molecule has 2 aromatic rings. The molecule has 1 saturated carbocycles. The molecule has 4 aliphatic rings. The van der Waals surface area contributed by atoms with Crippen LogP contribution < -0.4 is 16.1 Å². The van der Waals surface area contributed by atoms with E-state index in [0.717, 1.165) is 28.8 Å². The highest BCUT2D eigenvalue weighted by molar-refractivity contribution is 6.62. The standard InChI is InChI=1S/C29H40BF2N7O2/c1-26(2)27(3,4)41-30(40-26)21-8-10-22(11-9-21)34-25-35-23(36-38(25)7)19-12-20(14-37(5)6)24(33-13-19)39-17-28(18-39)15-29(31,32)16-28/h8-13,24,33H,14-18H2,1-7H3,(H,34,35,36). The van der Waals surface area contributed by atoms with E-state index >= 15 is 0 Å². The van der Waals surface area contributed by atoms with E-state index in [4.69, 9.17) is 14.3 Å². The number of hydrogen-bond donors (Lipinski definition) is 2. The van der Waals surface area contributed by atoms with E-state index in [-0.39, 0.29) is 35.6 Å². The number of likely N-dealkylation sites (N-methyl/N-ethyl adjacent to an activating group) is 1. The van der Waals surface area contributed by atoms with Gasteiger partial charge in [-0.2, -0.15) is 4.98 Å². The van der Waals surface area contributed by atoms with Gasteiger partial charge in [0.05, 0.1) is 11.2 Å². The minimum absolute atomic E-state index is 0.00584. The predicted molar refractivity (Wildman–Crippen MR) is 156 cm³/mol. The number of rotatable bonds is 7. The quantitative estimate of drug-likeness (QED) is 0.494. The van der Waals surface area contributed by atoms with Crippen LogP contribution in [0, 0.1) is 5.41 Å². The van der Waals surface area contributed by atoms with Gasteiger partial charge in [0, 0.05) is 62.4 Å². The fourth-order valence-electron chi connectivity index (χ4n) is 6.28. The summed E-state index contributed by atoms with van der Waals surface area (Å²) in [5, 5.41) is 11.5. The Kier molecular flexibility index (Phi) is 6.65. The zero-order chi connectivity index (χ0) is 29.4. The monoisotopic (exact) mass is 567 g/mol. The molecule has 0 amide bonds. The summed E-state index contributed by atoms with van der Waals surface area (Å²) in [5.74, 6) is -1.28. The van der Waals surface area contributed by atoms with Crippen LogP contribution in [0.3, 0.4) is 0 Å². The van der Waals surface area contributed by atoms with Crippen molar-refractivity contribution in [3.05, 3.63) is 47.9 Å². The van der Waals surface area contributed by atoms with Gasteiger partial charge in [0.1, 0.15) is 6.17 Å². The topological polar surface area (TPSA) is 79.7 Å². The summed E-state index contributed by atoms with van der Waals surface area (Å²) >= 11 is 0. The molecule has 2 saturated heterocycles. The van der Waals surface area contributed by atoms with Crippen molar-refractivity contribution >= 4 is 29.8 Å². The Bertz CT molecular complexity index is 1350. The molecule has 4 heterocycles. The van der Waals surface area contributed by atoms with E-state index in [1.807, 2.05) is 79.3 Å². The van der Waals surface area contributed by atoms with Crippen LogP contribution in [0.2, 0.25) is 0 Å². The second kappa shape index (κ2) is 9.62. The third kappa shape index (κ3) is 5.31. The number of alkyl halides is 2. The van der Waals surface area contributed by atoms with E-state index in [1.165, 1.54) is 0 Å². The number of allylic oxidation sites excluding steroid dienone is 2. The lowest BCUT2D eigenvalue weighted by Gasteiger charge is -2.61. The molecule has 3 fully saturated rings. The average Bonchev–Trinajstić information content (AvgIpc) is 3.30. The minimum Gasteiger partial charge on any atom is -0.399 e. The molecule has 2 N–H and O–H groups in total. The molecule has 0 radical (unpaired) electrons. The van der Waals surface area contributed by atoms with Gasteiger partial charge in [0.25, 0.3) is 0 Å². The number of aromatic nitrogens is 3. The molecule has 1 aromatic carbocycles. The van der Waals surface area contributed by atoms with Crippen molar-refractivity contribution in [3.63, 3.8) is 0 Å². The van der Waals surface area contributed by atoms with Crippen molar-refractivity contribution < 1.29 is 18.1 Å². The number of dihydropyridines is 1. The number of hydrogen-bond acceptors (Lipinski definition) is 8. The highest BCUT2D eigenvalue weighted by Crippen LogP contribution is 2.57. The van der Waals surface area contributed by atoms with Crippen LogP contribution in [0.1, 0.15) is 46.4 Å². The van der Waals surface area contributed by atoms with Crippen molar-refractivity contribution in [1.82, 2.24) is 29.9 Å². The van der Waals surface area contributed by atoms with Crippen LogP contribution in [0.15, 0.2) is 42.1 Å². The van der Waals surface area contributed by atoms with Gasteiger partial charge in [-0.3, -0.25) is 4.90 Å². The molecular weight excluding hydrogens is 527 g/mol. The van der Waals surface area contributed by atoms with Gasteiger partial charge in [-0.25, -0.2) is 13.5 Å². The number of aryl methyl sites for hydroxylation is 1. The Labute approximate surface area is 241 Å². The van der Waals surface area contributed by atoms with E-state index in [2.05, 4.69) is 31.6 Å². The highest BCUT2D eigenvalue weighted by Gasteiger charge is 2.62. The molecule has 3 aliphatic heterocycles. The Morgan fingerprint density at radius 2 is 1.71 bits per heavy atom. The smallest absolute Gasteiger partial charge is 0.399 e. The van der Waals surface area contributed by atoms with Gasteiger partial charge in [-0.1, -0.05) is 12.1 Å². The molecule has 9 nitrogen and oxygen atoms in total. The largest absolute Gasteiger partial charge is 0.494 e. The molecule has 0 bridgehead atoms. The zero-order valence-electron chi connectivity index (χ0n) is 25.0. The fourth-order valence-corrected chi connectivity index (χ4v) is 6.28. The number of halogens is 2. The Balaban J connectivity index is 1.13. The summed E-state index contributed by atoms with van der Waals surface area (Å²) in [6.07, 6.45) is 4.05. The Hall–Kier alpha value is -2.80. The van der Waals surface area contributed by atoms with E-state index < -0.39 is 13.0 Å². The third-order valence-electron chi connectivity index (χ3n) is 9.01. The van der Waals surface area contributed by atoms with Crippen molar-refractivity contribution in [3.8, 4) is 0 Å². The maximum absolute atomic E-state index is 13.5. The van der Waals surface area contributed by atoms with Crippen molar-refractivity contribution in [1.29, 1.82) is 0 Å². The van der Waals surface area contributed by atoms with Crippen LogP contribution in [0.5, 0.6) is 0 Å². The molecule has 1 atom stereocenters. The molecule has 1 aromatic heterocycles. The third-order valence-corrected chi connectivity index (χ3v) is 9.01. The lowest BCUT2D eigenvalue weighted by Crippen LogP contribution is -2.70. The first kappa shape index (κ1) is 28.3. The zero-order valence-corrected chi connectivity index (χ0v) is 25.0. The van der Waals surface area contributed by atoms with Gasteiger partial charge >= 0.3 is 7.12 Å². The van der Waals surface area contributed by atoms with E-state index in [9.17, 15) is 8.78 Å². The minimum atomic E-state index is -2.49. The van der Waals surface area contributed by atoms with Gasteiger partial charge < -0.3 is 24.8 Å². The molecule has 12 heteroatoms. The van der Waals surface area contributed by atoms with Crippen LogP contribution in [-0.2, 0) is 16.4 Å². The Morgan fingerprint density at radius 3 is 2.29 bits per heavy atom. The number of anilines is 2. The summed E-state index contributed by atoms with van der Waals surface area (Å²) in [5.41, 5.74) is 2.87. The van der Waals surface area contributed by atoms with Crippen LogP contribution in [0.25, 0.3) is 5.57 Å². The maximum atomic E-state index is 13.5. The number of benzene rings is 1. The second-order valence-corrected chi connectivity index (χ2v) is 13.5. The van der Waals surface area contributed by atoms with E-state index in [1.54, 1.807) is 4.68 Å². The van der Waals surface area contributed by atoms with Crippen LogP contribution in [0.4, 0.5) is 20.4 Å². The van der Waals surface area contributed by atoms with Crippen molar-refractivity contribution in [2.45, 2.75) is 63.8 Å². The molecule has 1 spiro atoms. The summed E-state index contributed by atoms with van der Waals surface area (Å²) in [6, 6.07) is 7.95. The Morgan fingerprint density at radius 1 is 1.07 bits per heavy atom. The normalized spacial score (nSPS) is 25.8. The summed E-state index contributed by atoms with van der Waals surface area (Å²) in [4.78, 5) is 9.14. The molecule has 1 unspecified atom stereocenters. The molecule has 220 valence electrons.